The van der Waals surface area contributed by atoms with Crippen LogP contribution in [0.3, 0.4) is 0 Å². The summed E-state index contributed by atoms with van der Waals surface area (Å²) in [5.74, 6) is 1.03. The van der Waals surface area contributed by atoms with Crippen LogP contribution in [-0.2, 0) is 6.54 Å². The first-order chi connectivity index (χ1) is 13.3. The van der Waals surface area contributed by atoms with Crippen molar-refractivity contribution in [2.45, 2.75) is 24.3 Å². The number of rotatable bonds is 5. The van der Waals surface area contributed by atoms with Crippen LogP contribution in [0.2, 0.25) is 4.82 Å². The van der Waals surface area contributed by atoms with Crippen LogP contribution < -0.4 is 15.1 Å². The number of nitrogens with zero attached hydrogens (tertiary/aromatic N) is 1. The first-order valence-corrected chi connectivity index (χ1v) is 11.1. The molecule has 0 bridgehead atoms. The molecule has 4 rings (SSSR count). The van der Waals surface area contributed by atoms with Crippen molar-refractivity contribution < 1.29 is 0 Å². The van der Waals surface area contributed by atoms with Crippen molar-refractivity contribution in [2.75, 3.05) is 10.6 Å². The van der Waals surface area contributed by atoms with E-state index >= 15 is 0 Å². The standard InChI is InChI=1S/C23H23N3Se/c1-17(27-19-12-6-3-7-13-19)22-23(24-16-18-10-4-2-5-11-18)26-21-15-9-8-14-20(21)25-22/h2-15,17,22,25H,16H2,1H3,(H,24,26). The number of aliphatic imine (C=N–C) groups is 1. The van der Waals surface area contributed by atoms with E-state index in [1.54, 1.807) is 0 Å². The van der Waals surface area contributed by atoms with Gasteiger partial charge in [-0.05, 0) is 0 Å². The maximum atomic E-state index is 4.95. The van der Waals surface area contributed by atoms with Gasteiger partial charge in [-0.3, -0.25) is 0 Å². The van der Waals surface area contributed by atoms with Gasteiger partial charge in [0.05, 0.1) is 0 Å². The van der Waals surface area contributed by atoms with Gasteiger partial charge in [-0.1, -0.05) is 0 Å². The molecule has 0 aromatic heterocycles. The molecule has 4 heteroatoms. The average Bonchev–Trinajstić information content (AvgIpc) is 2.73. The molecule has 2 N–H and O–H groups in total. The fourth-order valence-corrected chi connectivity index (χ4v) is 5.45. The number of benzene rings is 3. The van der Waals surface area contributed by atoms with Crippen molar-refractivity contribution in [3.8, 4) is 0 Å². The Labute approximate surface area is 167 Å². The van der Waals surface area contributed by atoms with Gasteiger partial charge in [-0.15, -0.1) is 0 Å². The molecular formula is C23H23N3Se. The summed E-state index contributed by atoms with van der Waals surface area (Å²) in [6, 6.07) is 29.7. The summed E-state index contributed by atoms with van der Waals surface area (Å²) in [5, 5.41) is 7.31. The SMILES string of the molecule is CC([Se]c1ccccc1)C1Nc2ccccc2NC1=NCc1ccccc1. The number of hydrogen-bond donors (Lipinski definition) is 2. The van der Waals surface area contributed by atoms with Crippen LogP contribution in [-0.4, -0.2) is 26.8 Å². The summed E-state index contributed by atoms with van der Waals surface area (Å²) in [5.41, 5.74) is 3.47. The van der Waals surface area contributed by atoms with Crippen molar-refractivity contribution in [3.05, 3.63) is 90.5 Å². The van der Waals surface area contributed by atoms with Gasteiger partial charge in [0.15, 0.2) is 0 Å². The number of para-hydroxylation sites is 2. The number of anilines is 2. The third-order valence-electron chi connectivity index (χ3n) is 4.60. The van der Waals surface area contributed by atoms with Gasteiger partial charge in [0, 0.05) is 0 Å². The minimum absolute atomic E-state index is 0.184. The monoisotopic (exact) mass is 421 g/mol. The molecule has 0 amide bonds. The molecule has 1 aliphatic heterocycles. The topological polar surface area (TPSA) is 36.4 Å². The zero-order valence-corrected chi connectivity index (χ0v) is 17.0. The minimum atomic E-state index is 0.184. The Hall–Kier alpha value is -2.55. The van der Waals surface area contributed by atoms with Gasteiger partial charge in [-0.2, -0.15) is 0 Å². The van der Waals surface area contributed by atoms with E-state index in [4.69, 9.17) is 4.99 Å². The van der Waals surface area contributed by atoms with Gasteiger partial charge in [0.1, 0.15) is 0 Å². The second kappa shape index (κ2) is 8.43. The van der Waals surface area contributed by atoms with Crippen LogP contribution in [0.25, 0.3) is 0 Å². The van der Waals surface area contributed by atoms with Crippen LogP contribution >= 0.6 is 0 Å². The zero-order valence-electron chi connectivity index (χ0n) is 15.3. The maximum absolute atomic E-state index is 4.95. The second-order valence-electron chi connectivity index (χ2n) is 6.62. The van der Waals surface area contributed by atoms with Gasteiger partial charge in [0.25, 0.3) is 0 Å². The molecule has 2 unspecified atom stereocenters. The molecule has 0 radical (unpaired) electrons. The summed E-state index contributed by atoms with van der Waals surface area (Å²) >= 11 is 0.362. The zero-order chi connectivity index (χ0) is 18.5. The fraction of sp³-hybridized carbons (Fsp3) is 0.174. The Morgan fingerprint density at radius 1 is 0.852 bits per heavy atom. The van der Waals surface area contributed by atoms with Gasteiger partial charge >= 0.3 is 167 Å². The molecule has 3 nitrogen and oxygen atoms in total. The predicted molar refractivity (Wildman–Crippen MR) is 116 cm³/mol. The number of nitrogens with one attached hydrogen (secondary N) is 2. The Bertz CT molecular complexity index is 909. The van der Waals surface area contributed by atoms with Crippen LogP contribution in [0, 0.1) is 0 Å². The molecule has 2 atom stereocenters. The average molecular weight is 420 g/mol. The van der Waals surface area contributed by atoms with E-state index in [0.29, 0.717) is 26.3 Å². The van der Waals surface area contributed by atoms with Gasteiger partial charge in [-0.25, -0.2) is 0 Å². The molecule has 0 aliphatic carbocycles. The molecule has 0 spiro atoms. The number of fused-ring (bicyclic) bond motifs is 1. The van der Waals surface area contributed by atoms with E-state index in [1.165, 1.54) is 10.0 Å². The summed E-state index contributed by atoms with van der Waals surface area (Å²) in [4.78, 5) is 5.42. The van der Waals surface area contributed by atoms with E-state index in [2.05, 4.69) is 96.4 Å². The molecule has 1 heterocycles. The summed E-state index contributed by atoms with van der Waals surface area (Å²) in [6.45, 7) is 3.01. The molecular weight excluding hydrogens is 397 g/mol. The second-order valence-corrected chi connectivity index (χ2v) is 9.66. The molecule has 0 fully saturated rings. The third kappa shape index (κ3) is 4.41. The van der Waals surface area contributed by atoms with Crippen molar-refractivity contribution in [1.82, 2.24) is 0 Å². The molecule has 3 aromatic carbocycles. The molecule has 27 heavy (non-hydrogen) atoms. The Balaban J connectivity index is 1.59. The summed E-state index contributed by atoms with van der Waals surface area (Å²) in [6.07, 6.45) is 0. The van der Waals surface area contributed by atoms with Crippen molar-refractivity contribution in [2.24, 2.45) is 4.99 Å². The van der Waals surface area contributed by atoms with E-state index in [9.17, 15) is 0 Å². The van der Waals surface area contributed by atoms with E-state index in [-0.39, 0.29) is 6.04 Å². The Morgan fingerprint density at radius 2 is 1.48 bits per heavy atom. The Kier molecular flexibility index (Phi) is 5.57. The van der Waals surface area contributed by atoms with Crippen LogP contribution in [0.4, 0.5) is 11.4 Å². The molecule has 0 saturated heterocycles. The molecule has 1 aliphatic rings. The third-order valence-corrected chi connectivity index (χ3v) is 7.10. The van der Waals surface area contributed by atoms with Crippen molar-refractivity contribution in [1.29, 1.82) is 0 Å². The summed E-state index contributed by atoms with van der Waals surface area (Å²) < 4.78 is 1.42. The normalized spacial score (nSPS) is 18.3. The van der Waals surface area contributed by atoms with Crippen LogP contribution in [0.1, 0.15) is 12.5 Å². The van der Waals surface area contributed by atoms with E-state index in [0.717, 1.165) is 17.2 Å². The van der Waals surface area contributed by atoms with Crippen LogP contribution in [0.15, 0.2) is 89.9 Å². The van der Waals surface area contributed by atoms with Gasteiger partial charge in [0.2, 0.25) is 0 Å². The number of amidine groups is 1. The quantitative estimate of drug-likeness (QED) is 0.603. The van der Waals surface area contributed by atoms with E-state index in [1.807, 2.05) is 6.07 Å². The molecule has 3 aromatic rings. The summed E-state index contributed by atoms with van der Waals surface area (Å²) in [7, 11) is 0. The van der Waals surface area contributed by atoms with E-state index < -0.39 is 0 Å². The van der Waals surface area contributed by atoms with Crippen LogP contribution in [0.5, 0.6) is 0 Å². The predicted octanol–water partition coefficient (Wildman–Crippen LogP) is 4.33. The van der Waals surface area contributed by atoms with Crippen molar-refractivity contribution in [3.63, 3.8) is 0 Å². The van der Waals surface area contributed by atoms with Crippen molar-refractivity contribution >= 4 is 36.6 Å². The Morgan fingerprint density at radius 3 is 2.22 bits per heavy atom. The number of hydrogen-bond acceptors (Lipinski definition) is 2. The molecule has 0 saturated carbocycles. The fourth-order valence-electron chi connectivity index (χ4n) is 3.19. The molecule has 136 valence electrons. The van der Waals surface area contributed by atoms with Gasteiger partial charge < -0.3 is 0 Å². The first-order valence-electron chi connectivity index (χ1n) is 9.22. The first kappa shape index (κ1) is 17.8.